The number of nitrogens with one attached hydrogen (secondary N) is 1. The predicted molar refractivity (Wildman–Crippen MR) is 76.8 cm³/mol. The fourth-order valence-corrected chi connectivity index (χ4v) is 2.31. The largest absolute Gasteiger partial charge is 0.369 e. The first-order valence-corrected chi connectivity index (χ1v) is 6.59. The van der Waals surface area contributed by atoms with Gasteiger partial charge in [0.25, 0.3) is 0 Å². The third kappa shape index (κ3) is 2.91. The summed E-state index contributed by atoms with van der Waals surface area (Å²) in [7, 11) is 0. The van der Waals surface area contributed by atoms with E-state index in [1.54, 1.807) is 17.9 Å². The summed E-state index contributed by atoms with van der Waals surface area (Å²) in [6.45, 7) is 3.09. The van der Waals surface area contributed by atoms with E-state index < -0.39 is 5.41 Å². The van der Waals surface area contributed by atoms with Crippen LogP contribution in [0.3, 0.4) is 0 Å². The maximum atomic E-state index is 12.2. The normalized spacial score (nSPS) is 21.8. The summed E-state index contributed by atoms with van der Waals surface area (Å²) in [6.07, 6.45) is 0.596. The molecule has 0 saturated carbocycles. The van der Waals surface area contributed by atoms with Crippen molar-refractivity contribution in [1.29, 1.82) is 0 Å². The van der Waals surface area contributed by atoms with Gasteiger partial charge >= 0.3 is 6.03 Å². The lowest BCUT2D eigenvalue weighted by Crippen LogP contribution is -2.40. The molecule has 0 radical (unpaired) electrons. The summed E-state index contributed by atoms with van der Waals surface area (Å²) in [4.78, 5) is 25.2. The van der Waals surface area contributed by atoms with Crippen molar-refractivity contribution in [2.75, 3.05) is 18.4 Å². The van der Waals surface area contributed by atoms with Crippen molar-refractivity contribution in [3.05, 3.63) is 29.8 Å². The average molecular weight is 276 g/mol. The molecule has 0 aromatic heterocycles. The minimum Gasteiger partial charge on any atom is -0.369 e. The molecule has 1 aromatic rings. The number of hydrogen-bond donors (Lipinski definition) is 3. The molecule has 1 aliphatic heterocycles. The number of anilines is 1. The van der Waals surface area contributed by atoms with Gasteiger partial charge in [0.15, 0.2) is 0 Å². The molecule has 1 aromatic carbocycles. The molecule has 1 heterocycles. The highest BCUT2D eigenvalue weighted by Crippen LogP contribution is 2.29. The van der Waals surface area contributed by atoms with Crippen molar-refractivity contribution in [3.63, 3.8) is 0 Å². The summed E-state index contributed by atoms with van der Waals surface area (Å²) in [5.74, 6) is -0.363. The molecule has 6 nitrogen and oxygen atoms in total. The van der Waals surface area contributed by atoms with E-state index in [1.165, 1.54) is 0 Å². The van der Waals surface area contributed by atoms with Gasteiger partial charge in [-0.2, -0.15) is 0 Å². The average Bonchev–Trinajstić information content (AvgIpc) is 2.83. The van der Waals surface area contributed by atoms with Gasteiger partial charge in [0.05, 0.1) is 5.41 Å². The second-order valence-corrected chi connectivity index (χ2v) is 5.43. The second-order valence-electron chi connectivity index (χ2n) is 5.43. The summed E-state index contributed by atoms with van der Waals surface area (Å²) in [5, 5.41) is 2.81. The van der Waals surface area contributed by atoms with Crippen molar-refractivity contribution in [2.45, 2.75) is 19.9 Å². The van der Waals surface area contributed by atoms with Crippen molar-refractivity contribution < 1.29 is 9.59 Å². The number of primary amides is 1. The SMILES string of the molecule is CC1(C(N)=O)CCN(C(=O)Nc2cccc(CN)c2)C1. The molecule has 5 N–H and O–H groups in total. The van der Waals surface area contributed by atoms with Gasteiger partial charge < -0.3 is 21.7 Å². The van der Waals surface area contributed by atoms with E-state index in [9.17, 15) is 9.59 Å². The van der Waals surface area contributed by atoms with Crippen LogP contribution in [0.15, 0.2) is 24.3 Å². The molecule has 0 spiro atoms. The van der Waals surface area contributed by atoms with Crippen LogP contribution < -0.4 is 16.8 Å². The van der Waals surface area contributed by atoms with E-state index >= 15 is 0 Å². The van der Waals surface area contributed by atoms with E-state index in [2.05, 4.69) is 5.32 Å². The van der Waals surface area contributed by atoms with E-state index in [1.807, 2.05) is 18.2 Å². The van der Waals surface area contributed by atoms with Crippen LogP contribution in [-0.4, -0.2) is 29.9 Å². The molecule has 20 heavy (non-hydrogen) atoms. The number of rotatable bonds is 3. The van der Waals surface area contributed by atoms with Crippen LogP contribution in [0.4, 0.5) is 10.5 Å². The zero-order chi connectivity index (χ0) is 14.8. The molecule has 1 unspecified atom stereocenters. The van der Waals surface area contributed by atoms with Gasteiger partial charge in [-0.3, -0.25) is 4.79 Å². The van der Waals surface area contributed by atoms with Gasteiger partial charge in [0.2, 0.25) is 5.91 Å². The van der Waals surface area contributed by atoms with Gasteiger partial charge in [-0.1, -0.05) is 12.1 Å². The Bertz CT molecular complexity index is 532. The summed E-state index contributed by atoms with van der Waals surface area (Å²) in [5.41, 5.74) is 12.0. The smallest absolute Gasteiger partial charge is 0.321 e. The fraction of sp³-hybridized carbons (Fsp3) is 0.429. The van der Waals surface area contributed by atoms with Crippen LogP contribution in [0.2, 0.25) is 0 Å². The van der Waals surface area contributed by atoms with Crippen molar-refractivity contribution in [2.24, 2.45) is 16.9 Å². The molecule has 0 bridgehead atoms. The topological polar surface area (TPSA) is 101 Å². The van der Waals surface area contributed by atoms with Crippen molar-refractivity contribution in [3.8, 4) is 0 Å². The van der Waals surface area contributed by atoms with Crippen LogP contribution in [0, 0.1) is 5.41 Å². The molecule has 6 heteroatoms. The number of nitrogens with two attached hydrogens (primary N) is 2. The molecule has 1 saturated heterocycles. The van der Waals surface area contributed by atoms with Crippen LogP contribution in [0.5, 0.6) is 0 Å². The summed E-state index contributed by atoms with van der Waals surface area (Å²) < 4.78 is 0. The minimum absolute atomic E-state index is 0.218. The molecule has 108 valence electrons. The number of likely N-dealkylation sites (tertiary alicyclic amines) is 1. The zero-order valence-electron chi connectivity index (χ0n) is 11.6. The van der Waals surface area contributed by atoms with Gasteiger partial charge in [0, 0.05) is 25.3 Å². The lowest BCUT2D eigenvalue weighted by molar-refractivity contribution is -0.126. The molecular formula is C14H20N4O2. The van der Waals surface area contributed by atoms with Gasteiger partial charge in [-0.15, -0.1) is 0 Å². The minimum atomic E-state index is -0.629. The van der Waals surface area contributed by atoms with Gasteiger partial charge in [0.1, 0.15) is 0 Å². The molecule has 1 fully saturated rings. The highest BCUT2D eigenvalue weighted by atomic mass is 16.2. The molecular weight excluding hydrogens is 256 g/mol. The number of urea groups is 1. The number of carbonyl (C=O) groups is 2. The van der Waals surface area contributed by atoms with E-state index in [0.29, 0.717) is 31.7 Å². The summed E-state index contributed by atoms with van der Waals surface area (Å²) >= 11 is 0. The number of benzene rings is 1. The molecule has 3 amide bonds. The number of hydrogen-bond acceptors (Lipinski definition) is 3. The number of carbonyl (C=O) groups excluding carboxylic acids is 2. The molecule has 1 aliphatic rings. The van der Waals surface area contributed by atoms with Gasteiger partial charge in [-0.05, 0) is 31.0 Å². The van der Waals surface area contributed by atoms with Crippen LogP contribution >= 0.6 is 0 Å². The van der Waals surface area contributed by atoms with E-state index in [4.69, 9.17) is 11.5 Å². The van der Waals surface area contributed by atoms with Crippen LogP contribution in [0.25, 0.3) is 0 Å². The van der Waals surface area contributed by atoms with Crippen LogP contribution in [0.1, 0.15) is 18.9 Å². The Labute approximate surface area is 118 Å². The van der Waals surface area contributed by atoms with Crippen molar-refractivity contribution in [1.82, 2.24) is 4.90 Å². The van der Waals surface area contributed by atoms with Gasteiger partial charge in [-0.25, -0.2) is 4.79 Å². The standard InChI is InChI=1S/C14H20N4O2/c1-14(12(16)19)5-6-18(9-14)13(20)17-11-4-2-3-10(7-11)8-15/h2-4,7H,5-6,8-9,15H2,1H3,(H2,16,19)(H,17,20). The lowest BCUT2D eigenvalue weighted by Gasteiger charge is -2.21. The maximum Gasteiger partial charge on any atom is 0.321 e. The number of nitrogens with zero attached hydrogens (tertiary/aromatic N) is 1. The Morgan fingerprint density at radius 1 is 1.45 bits per heavy atom. The van der Waals surface area contributed by atoms with Crippen LogP contribution in [-0.2, 0) is 11.3 Å². The number of amides is 3. The highest BCUT2D eigenvalue weighted by molar-refractivity contribution is 5.91. The summed E-state index contributed by atoms with van der Waals surface area (Å²) in [6, 6.07) is 7.16. The third-order valence-electron chi connectivity index (χ3n) is 3.77. The lowest BCUT2D eigenvalue weighted by atomic mass is 9.89. The fourth-order valence-electron chi connectivity index (χ4n) is 2.31. The first-order chi connectivity index (χ1) is 9.44. The zero-order valence-corrected chi connectivity index (χ0v) is 11.6. The molecule has 2 rings (SSSR count). The molecule has 1 atom stereocenters. The Balaban J connectivity index is 2.01. The first kappa shape index (κ1) is 14.3. The quantitative estimate of drug-likeness (QED) is 0.763. The van der Waals surface area contributed by atoms with Crippen molar-refractivity contribution >= 4 is 17.6 Å². The Kier molecular flexibility index (Phi) is 3.94. The third-order valence-corrected chi connectivity index (χ3v) is 3.77. The second kappa shape index (κ2) is 5.50. The monoisotopic (exact) mass is 276 g/mol. The van der Waals surface area contributed by atoms with E-state index in [-0.39, 0.29) is 11.9 Å². The van der Waals surface area contributed by atoms with E-state index in [0.717, 1.165) is 5.56 Å². The Morgan fingerprint density at radius 2 is 2.20 bits per heavy atom. The molecule has 0 aliphatic carbocycles. The first-order valence-electron chi connectivity index (χ1n) is 6.59. The maximum absolute atomic E-state index is 12.2. The Hall–Kier alpha value is -2.08. The highest BCUT2D eigenvalue weighted by Gasteiger charge is 2.40. The predicted octanol–water partition coefficient (Wildman–Crippen LogP) is 0.874. The Morgan fingerprint density at radius 3 is 2.80 bits per heavy atom.